The largest absolute Gasteiger partial charge is 0.469 e. The van der Waals surface area contributed by atoms with Crippen molar-refractivity contribution in [3.63, 3.8) is 0 Å². The summed E-state index contributed by atoms with van der Waals surface area (Å²) in [6, 6.07) is 18.8. The summed E-state index contributed by atoms with van der Waals surface area (Å²) in [5.74, 6) is 0.536. The topological polar surface area (TPSA) is 116 Å². The van der Waals surface area contributed by atoms with Crippen LogP contribution in [0.5, 0.6) is 0 Å². The normalized spacial score (nSPS) is 17.0. The van der Waals surface area contributed by atoms with E-state index in [1.54, 1.807) is 12.1 Å². The van der Waals surface area contributed by atoms with Gasteiger partial charge in [-0.2, -0.15) is 5.10 Å². The summed E-state index contributed by atoms with van der Waals surface area (Å²) in [6.07, 6.45) is 4.14. The summed E-state index contributed by atoms with van der Waals surface area (Å²) in [4.78, 5) is 39.4. The van der Waals surface area contributed by atoms with Crippen LogP contribution in [0.4, 0.5) is 10.6 Å². The van der Waals surface area contributed by atoms with Crippen LogP contribution in [0, 0.1) is 11.3 Å². The number of nitrogens with zero attached hydrogens (tertiary/aromatic N) is 2. The Labute approximate surface area is 242 Å². The Hall–Kier alpha value is -4.14. The van der Waals surface area contributed by atoms with Crippen LogP contribution in [0.1, 0.15) is 68.8 Å². The summed E-state index contributed by atoms with van der Waals surface area (Å²) in [6.45, 7) is 7.49. The highest BCUT2D eigenvalue weighted by Crippen LogP contribution is 2.39. The number of H-pyrrole nitrogens is 1. The Kier molecular flexibility index (Phi) is 9.81. The first-order valence-corrected chi connectivity index (χ1v) is 14.3. The highest BCUT2D eigenvalue weighted by atomic mass is 16.5. The Bertz CT molecular complexity index is 1310. The zero-order valence-electron chi connectivity index (χ0n) is 24.4. The quantitative estimate of drug-likeness (QED) is 0.278. The highest BCUT2D eigenvalue weighted by molar-refractivity contribution is 5.94. The van der Waals surface area contributed by atoms with E-state index in [9.17, 15) is 14.4 Å². The molecule has 3 N–H and O–H groups in total. The SMILES string of the molecule is COC(=O)CCNC(=O)c1ccc(CN(C(=O)Nc2cc(-c3ccccc3)n[nH]2)C2CCC(C(C)(C)C)CC2)cc1. The number of methoxy groups -OCH3 is 1. The summed E-state index contributed by atoms with van der Waals surface area (Å²) < 4.78 is 4.61. The zero-order chi connectivity index (χ0) is 29.4. The number of nitrogens with one attached hydrogen (secondary N) is 3. The van der Waals surface area contributed by atoms with Gasteiger partial charge >= 0.3 is 12.0 Å². The number of ether oxygens (including phenoxy) is 1. The van der Waals surface area contributed by atoms with Crippen molar-refractivity contribution in [3.8, 4) is 11.3 Å². The molecule has 1 aromatic heterocycles. The molecule has 4 rings (SSSR count). The van der Waals surface area contributed by atoms with E-state index in [0.29, 0.717) is 23.8 Å². The van der Waals surface area contributed by atoms with Crippen LogP contribution in [0.25, 0.3) is 11.3 Å². The van der Waals surface area contributed by atoms with Gasteiger partial charge in [-0.15, -0.1) is 0 Å². The molecule has 3 amide bonds. The third-order valence-corrected chi connectivity index (χ3v) is 7.92. The minimum atomic E-state index is -0.373. The molecule has 9 heteroatoms. The summed E-state index contributed by atoms with van der Waals surface area (Å²) in [5, 5.41) is 13.1. The summed E-state index contributed by atoms with van der Waals surface area (Å²) >= 11 is 0. The van der Waals surface area contributed by atoms with Crippen LogP contribution < -0.4 is 10.6 Å². The van der Waals surface area contributed by atoms with Gasteiger partial charge < -0.3 is 15.0 Å². The van der Waals surface area contributed by atoms with E-state index in [2.05, 4.69) is 46.3 Å². The summed E-state index contributed by atoms with van der Waals surface area (Å²) in [5.41, 5.74) is 3.40. The molecule has 0 atom stereocenters. The Morgan fingerprint density at radius 3 is 2.32 bits per heavy atom. The molecule has 1 fully saturated rings. The van der Waals surface area contributed by atoms with Gasteiger partial charge in [0.25, 0.3) is 5.91 Å². The Morgan fingerprint density at radius 1 is 1.00 bits per heavy atom. The lowest BCUT2D eigenvalue weighted by atomic mass is 9.71. The van der Waals surface area contributed by atoms with Crippen molar-refractivity contribution in [2.45, 2.75) is 65.5 Å². The molecule has 2 aromatic carbocycles. The average Bonchev–Trinajstić information content (AvgIpc) is 3.44. The molecule has 1 saturated carbocycles. The van der Waals surface area contributed by atoms with Crippen molar-refractivity contribution in [1.29, 1.82) is 0 Å². The molecule has 41 heavy (non-hydrogen) atoms. The number of rotatable bonds is 9. The second kappa shape index (κ2) is 13.5. The van der Waals surface area contributed by atoms with Gasteiger partial charge in [-0.1, -0.05) is 63.2 Å². The molecule has 0 saturated heterocycles. The van der Waals surface area contributed by atoms with Crippen LogP contribution in [0.3, 0.4) is 0 Å². The smallest absolute Gasteiger partial charge is 0.323 e. The van der Waals surface area contributed by atoms with Gasteiger partial charge in [0.05, 0.1) is 19.2 Å². The second-order valence-electron chi connectivity index (χ2n) is 11.7. The number of amides is 3. The molecular formula is C32H41N5O4. The molecular weight excluding hydrogens is 518 g/mol. The minimum absolute atomic E-state index is 0.103. The number of aromatic amines is 1. The first kappa shape index (κ1) is 29.8. The molecule has 218 valence electrons. The fourth-order valence-corrected chi connectivity index (χ4v) is 5.39. The van der Waals surface area contributed by atoms with Crippen molar-refractivity contribution in [1.82, 2.24) is 20.4 Å². The van der Waals surface area contributed by atoms with Gasteiger partial charge in [-0.3, -0.25) is 20.0 Å². The van der Waals surface area contributed by atoms with E-state index >= 15 is 0 Å². The Morgan fingerprint density at radius 2 is 1.68 bits per heavy atom. The van der Waals surface area contributed by atoms with Crippen LogP contribution in [-0.4, -0.2) is 52.7 Å². The number of hydrogen-bond donors (Lipinski definition) is 3. The number of hydrogen-bond acceptors (Lipinski definition) is 5. The van der Waals surface area contributed by atoms with Crippen LogP contribution in [-0.2, 0) is 16.1 Å². The molecule has 0 spiro atoms. The maximum Gasteiger partial charge on any atom is 0.323 e. The number of carbonyl (C=O) groups excluding carboxylic acids is 3. The fraction of sp³-hybridized carbons (Fsp3) is 0.438. The highest BCUT2D eigenvalue weighted by Gasteiger charge is 2.34. The van der Waals surface area contributed by atoms with Crippen LogP contribution in [0.2, 0.25) is 0 Å². The maximum atomic E-state index is 13.7. The Balaban J connectivity index is 1.45. The fourth-order valence-electron chi connectivity index (χ4n) is 5.39. The number of anilines is 1. The van der Waals surface area contributed by atoms with Crippen LogP contribution in [0.15, 0.2) is 60.7 Å². The molecule has 0 radical (unpaired) electrons. The predicted octanol–water partition coefficient (Wildman–Crippen LogP) is 6.01. The van der Waals surface area contributed by atoms with E-state index in [0.717, 1.165) is 42.5 Å². The number of aromatic nitrogens is 2. The molecule has 0 bridgehead atoms. The van der Waals surface area contributed by atoms with E-state index in [-0.39, 0.29) is 42.3 Å². The third kappa shape index (κ3) is 8.19. The third-order valence-electron chi connectivity index (χ3n) is 7.92. The van der Waals surface area contributed by atoms with Crippen LogP contribution >= 0.6 is 0 Å². The standard InChI is InChI=1S/C32H41N5O4/c1-32(2,3)25-14-16-26(17-15-25)37(31(40)34-28-20-27(35-36-28)23-8-6-5-7-9-23)21-22-10-12-24(13-11-22)30(39)33-19-18-29(38)41-4/h5-13,20,25-26H,14-19,21H2,1-4H3,(H,33,39)(H2,34,35,36,40). The first-order valence-electron chi connectivity index (χ1n) is 14.3. The van der Waals surface area contributed by atoms with Crippen molar-refractivity contribution in [2.75, 3.05) is 19.0 Å². The van der Waals surface area contributed by atoms with E-state index in [1.165, 1.54) is 7.11 Å². The lowest BCUT2D eigenvalue weighted by Gasteiger charge is -2.41. The number of urea groups is 1. The number of carbonyl (C=O) groups is 3. The number of benzene rings is 2. The average molecular weight is 560 g/mol. The van der Waals surface area contributed by atoms with E-state index in [4.69, 9.17) is 0 Å². The summed E-state index contributed by atoms with van der Waals surface area (Å²) in [7, 11) is 1.32. The van der Waals surface area contributed by atoms with Crippen molar-refractivity contribution < 1.29 is 19.1 Å². The monoisotopic (exact) mass is 559 g/mol. The lowest BCUT2D eigenvalue weighted by Crippen LogP contribution is -2.45. The van der Waals surface area contributed by atoms with E-state index < -0.39 is 0 Å². The minimum Gasteiger partial charge on any atom is -0.469 e. The van der Waals surface area contributed by atoms with Crippen molar-refractivity contribution in [2.24, 2.45) is 11.3 Å². The van der Waals surface area contributed by atoms with Gasteiger partial charge in [0.15, 0.2) is 0 Å². The molecule has 3 aromatic rings. The predicted molar refractivity (Wildman–Crippen MR) is 159 cm³/mol. The molecule has 9 nitrogen and oxygen atoms in total. The molecule has 0 unspecified atom stereocenters. The van der Waals surface area contributed by atoms with E-state index in [1.807, 2.05) is 53.4 Å². The molecule has 1 aliphatic rings. The maximum absolute atomic E-state index is 13.7. The number of esters is 1. The van der Waals surface area contributed by atoms with Crippen molar-refractivity contribution in [3.05, 3.63) is 71.8 Å². The molecule has 0 aliphatic heterocycles. The molecule has 1 aliphatic carbocycles. The first-order chi connectivity index (χ1) is 19.6. The van der Waals surface area contributed by atoms with Crippen molar-refractivity contribution >= 4 is 23.7 Å². The van der Waals surface area contributed by atoms with Gasteiger partial charge in [-0.25, -0.2) is 4.79 Å². The second-order valence-corrected chi connectivity index (χ2v) is 11.7. The lowest BCUT2D eigenvalue weighted by molar-refractivity contribution is -0.140. The molecule has 1 heterocycles. The van der Waals surface area contributed by atoms with Gasteiger partial charge in [-0.05, 0) is 54.7 Å². The zero-order valence-corrected chi connectivity index (χ0v) is 24.4. The van der Waals surface area contributed by atoms with Gasteiger partial charge in [0.1, 0.15) is 5.82 Å². The van der Waals surface area contributed by atoms with Gasteiger partial charge in [0, 0.05) is 36.3 Å². The van der Waals surface area contributed by atoms with Gasteiger partial charge in [0.2, 0.25) is 0 Å².